The summed E-state index contributed by atoms with van der Waals surface area (Å²) >= 11 is 0. The van der Waals surface area contributed by atoms with E-state index in [1.54, 1.807) is 0 Å². The minimum atomic E-state index is 0.326. The van der Waals surface area contributed by atoms with Gasteiger partial charge in [0.2, 0.25) is 5.91 Å². The van der Waals surface area contributed by atoms with Gasteiger partial charge < -0.3 is 14.7 Å². The molecule has 2 aromatic rings. The fourth-order valence-corrected chi connectivity index (χ4v) is 3.86. The summed E-state index contributed by atoms with van der Waals surface area (Å²) in [5.74, 6) is 1.69. The number of likely N-dealkylation sites (N-methyl/N-ethyl adjacent to an activating group) is 1. The number of piperidine rings is 1. The Balaban J connectivity index is 1.27. The molecule has 0 saturated carbocycles. The molecule has 140 valence electrons. The minimum absolute atomic E-state index is 0.326. The second kappa shape index (κ2) is 7.53. The lowest BCUT2D eigenvalue weighted by molar-refractivity contribution is -0.134. The Labute approximate surface area is 152 Å². The summed E-state index contributed by atoms with van der Waals surface area (Å²) in [5.41, 5.74) is 0.650. The largest absolute Gasteiger partial charge is 0.355 e. The van der Waals surface area contributed by atoms with Gasteiger partial charge in [-0.15, -0.1) is 14.8 Å². The summed E-state index contributed by atoms with van der Waals surface area (Å²) in [5, 5.41) is 15.8. The van der Waals surface area contributed by atoms with Gasteiger partial charge in [-0.3, -0.25) is 4.79 Å². The average Bonchev–Trinajstić information content (AvgIpc) is 3.16. The molecule has 2 fully saturated rings. The van der Waals surface area contributed by atoms with Crippen LogP contribution in [0.2, 0.25) is 0 Å². The standard InChI is InChI=1S/C17H26N8O/c1-2-22-9-11-24(12-10-22)17(26)13-14-5-7-23(8-6-14)16-4-3-15-18-20-21-25(15)19-16/h3-4,14H,2,5-13H2,1H3. The van der Waals surface area contributed by atoms with Crippen LogP contribution in [0, 0.1) is 5.92 Å². The zero-order valence-electron chi connectivity index (χ0n) is 15.3. The molecule has 1 amide bonds. The molecule has 0 atom stereocenters. The summed E-state index contributed by atoms with van der Waals surface area (Å²) in [6, 6.07) is 3.85. The van der Waals surface area contributed by atoms with Gasteiger partial charge >= 0.3 is 0 Å². The number of hydrogen-bond donors (Lipinski definition) is 0. The Morgan fingerprint density at radius 1 is 1.12 bits per heavy atom. The van der Waals surface area contributed by atoms with Gasteiger partial charge in [0, 0.05) is 45.7 Å². The summed E-state index contributed by atoms with van der Waals surface area (Å²) in [6.45, 7) is 8.85. The molecule has 0 unspecified atom stereocenters. The predicted octanol–water partition coefficient (Wildman–Crippen LogP) is 0.290. The molecule has 0 radical (unpaired) electrons. The van der Waals surface area contributed by atoms with Crippen LogP contribution >= 0.6 is 0 Å². The third-order valence-electron chi connectivity index (χ3n) is 5.63. The molecular weight excluding hydrogens is 332 g/mol. The highest BCUT2D eigenvalue weighted by atomic mass is 16.2. The molecular formula is C17H26N8O. The number of aromatic nitrogens is 5. The zero-order valence-corrected chi connectivity index (χ0v) is 15.3. The number of hydrogen-bond acceptors (Lipinski definition) is 7. The number of anilines is 1. The molecule has 2 aromatic heterocycles. The fraction of sp³-hybridized carbons (Fsp3) is 0.706. The van der Waals surface area contributed by atoms with Crippen molar-refractivity contribution in [2.24, 2.45) is 5.92 Å². The number of tetrazole rings is 1. The molecule has 9 heteroatoms. The molecule has 4 rings (SSSR count). The van der Waals surface area contributed by atoms with Crippen LogP contribution in [0.4, 0.5) is 5.82 Å². The van der Waals surface area contributed by atoms with E-state index in [-0.39, 0.29) is 0 Å². The maximum absolute atomic E-state index is 12.6. The first kappa shape index (κ1) is 17.1. The first-order chi connectivity index (χ1) is 12.7. The van der Waals surface area contributed by atoms with Crippen LogP contribution in [-0.4, -0.2) is 86.8 Å². The number of fused-ring (bicyclic) bond motifs is 1. The molecule has 0 N–H and O–H groups in total. The lowest BCUT2D eigenvalue weighted by Crippen LogP contribution is -2.49. The molecule has 0 bridgehead atoms. The van der Waals surface area contributed by atoms with Crippen LogP contribution in [0.5, 0.6) is 0 Å². The number of rotatable bonds is 4. The third kappa shape index (κ3) is 3.62. The van der Waals surface area contributed by atoms with E-state index in [4.69, 9.17) is 0 Å². The summed E-state index contributed by atoms with van der Waals surface area (Å²) in [4.78, 5) is 19.3. The van der Waals surface area contributed by atoms with E-state index < -0.39 is 0 Å². The Morgan fingerprint density at radius 2 is 1.88 bits per heavy atom. The second-order valence-corrected chi connectivity index (χ2v) is 7.17. The van der Waals surface area contributed by atoms with Crippen molar-refractivity contribution in [2.45, 2.75) is 26.2 Å². The van der Waals surface area contributed by atoms with Gasteiger partial charge in [-0.25, -0.2) is 0 Å². The van der Waals surface area contributed by atoms with Gasteiger partial charge in [0.15, 0.2) is 11.5 Å². The van der Waals surface area contributed by atoms with Gasteiger partial charge in [0.25, 0.3) is 0 Å². The van der Waals surface area contributed by atoms with Crippen molar-refractivity contribution >= 4 is 17.4 Å². The van der Waals surface area contributed by atoms with Gasteiger partial charge in [-0.05, 0) is 47.9 Å². The van der Waals surface area contributed by atoms with E-state index in [1.807, 2.05) is 17.0 Å². The van der Waals surface area contributed by atoms with E-state index in [9.17, 15) is 4.79 Å². The average molecular weight is 358 g/mol. The molecule has 9 nitrogen and oxygen atoms in total. The highest BCUT2D eigenvalue weighted by molar-refractivity contribution is 5.76. The quantitative estimate of drug-likeness (QED) is 0.777. The molecule has 26 heavy (non-hydrogen) atoms. The molecule has 2 aliphatic rings. The van der Waals surface area contributed by atoms with Gasteiger partial charge in [-0.1, -0.05) is 6.92 Å². The van der Waals surface area contributed by atoms with Crippen molar-refractivity contribution in [1.29, 1.82) is 0 Å². The first-order valence-corrected chi connectivity index (χ1v) is 9.53. The lowest BCUT2D eigenvalue weighted by atomic mass is 9.93. The van der Waals surface area contributed by atoms with Crippen molar-refractivity contribution < 1.29 is 4.79 Å². The predicted molar refractivity (Wildman–Crippen MR) is 96.8 cm³/mol. The molecule has 0 aromatic carbocycles. The monoisotopic (exact) mass is 358 g/mol. The Hall–Kier alpha value is -2.29. The second-order valence-electron chi connectivity index (χ2n) is 7.17. The van der Waals surface area contributed by atoms with E-state index in [1.165, 1.54) is 4.63 Å². The molecule has 0 spiro atoms. The van der Waals surface area contributed by atoms with E-state index in [2.05, 4.69) is 37.3 Å². The molecule has 0 aliphatic carbocycles. The molecule has 2 aliphatic heterocycles. The third-order valence-corrected chi connectivity index (χ3v) is 5.63. The number of nitrogens with zero attached hydrogens (tertiary/aromatic N) is 8. The van der Waals surface area contributed by atoms with Crippen molar-refractivity contribution in [2.75, 3.05) is 50.7 Å². The van der Waals surface area contributed by atoms with E-state index >= 15 is 0 Å². The van der Waals surface area contributed by atoms with Crippen molar-refractivity contribution in [3.63, 3.8) is 0 Å². The lowest BCUT2D eigenvalue weighted by Gasteiger charge is -2.36. The highest BCUT2D eigenvalue weighted by Gasteiger charge is 2.26. The first-order valence-electron chi connectivity index (χ1n) is 9.53. The maximum Gasteiger partial charge on any atom is 0.222 e. The maximum atomic E-state index is 12.6. The normalized spacial score (nSPS) is 20.0. The van der Waals surface area contributed by atoms with Crippen LogP contribution in [0.25, 0.3) is 5.65 Å². The minimum Gasteiger partial charge on any atom is -0.355 e. The number of carbonyl (C=O) groups excluding carboxylic acids is 1. The van der Waals surface area contributed by atoms with E-state index in [0.29, 0.717) is 23.9 Å². The van der Waals surface area contributed by atoms with Crippen LogP contribution in [-0.2, 0) is 4.79 Å². The van der Waals surface area contributed by atoms with Crippen molar-refractivity contribution in [3.05, 3.63) is 12.1 Å². The number of amides is 1. The Morgan fingerprint density at radius 3 is 2.62 bits per heavy atom. The molecule has 4 heterocycles. The number of carbonyl (C=O) groups is 1. The van der Waals surface area contributed by atoms with Gasteiger partial charge in [0.1, 0.15) is 0 Å². The van der Waals surface area contributed by atoms with Crippen LogP contribution in [0.3, 0.4) is 0 Å². The Kier molecular flexibility index (Phi) is 4.96. The summed E-state index contributed by atoms with van der Waals surface area (Å²) < 4.78 is 1.46. The van der Waals surface area contributed by atoms with Crippen LogP contribution < -0.4 is 4.90 Å². The zero-order chi connectivity index (χ0) is 17.9. The fourth-order valence-electron chi connectivity index (χ4n) is 3.86. The van der Waals surface area contributed by atoms with Gasteiger partial charge in [0.05, 0.1) is 0 Å². The van der Waals surface area contributed by atoms with Gasteiger partial charge in [-0.2, -0.15) is 0 Å². The smallest absolute Gasteiger partial charge is 0.222 e. The topological polar surface area (TPSA) is 82.8 Å². The molecule has 2 saturated heterocycles. The number of piperazine rings is 1. The van der Waals surface area contributed by atoms with Crippen molar-refractivity contribution in [3.8, 4) is 0 Å². The highest BCUT2D eigenvalue weighted by Crippen LogP contribution is 2.24. The van der Waals surface area contributed by atoms with Crippen LogP contribution in [0.1, 0.15) is 26.2 Å². The summed E-state index contributed by atoms with van der Waals surface area (Å²) in [7, 11) is 0. The Bertz CT molecular complexity index is 746. The van der Waals surface area contributed by atoms with Crippen molar-refractivity contribution in [1.82, 2.24) is 35.1 Å². The summed E-state index contributed by atoms with van der Waals surface area (Å²) in [6.07, 6.45) is 2.73. The van der Waals surface area contributed by atoms with Crippen LogP contribution in [0.15, 0.2) is 12.1 Å². The van der Waals surface area contributed by atoms with E-state index in [0.717, 1.165) is 64.5 Å². The SMILES string of the molecule is CCN1CCN(C(=O)CC2CCN(c3ccc4nnnn4n3)CC2)CC1.